The molecule has 0 unspecified atom stereocenters. The van der Waals surface area contributed by atoms with E-state index in [9.17, 15) is 4.79 Å². The minimum absolute atomic E-state index is 0.244. The van der Waals surface area contributed by atoms with Gasteiger partial charge in [0.25, 0.3) is 5.91 Å². The molecule has 1 aromatic heterocycles. The highest BCUT2D eigenvalue weighted by Gasteiger charge is 2.11. The number of rotatable bonds is 4. The van der Waals surface area contributed by atoms with Gasteiger partial charge in [0.05, 0.1) is 21.4 Å². The minimum atomic E-state index is -0.244. The average molecular weight is 313 g/mol. The predicted octanol–water partition coefficient (Wildman–Crippen LogP) is 2.28. The number of aromatic nitrogens is 2. The van der Waals surface area contributed by atoms with Gasteiger partial charge in [0.15, 0.2) is 0 Å². The Morgan fingerprint density at radius 2 is 2.20 bits per heavy atom. The molecule has 2 rings (SSSR count). The summed E-state index contributed by atoms with van der Waals surface area (Å²) in [7, 11) is 1.85. The highest BCUT2D eigenvalue weighted by Crippen LogP contribution is 2.29. The second kappa shape index (κ2) is 6.15. The Labute approximate surface area is 126 Å². The molecule has 7 heteroatoms. The second-order valence-electron chi connectivity index (χ2n) is 4.35. The standard InChI is InChI=1S/C13H14Cl2N4O/c1-19-5-3-9(18-19)2-4-17-13(20)8-6-10(14)12(15)11(16)7-8/h3,5-7H,2,4,16H2,1H3,(H,17,20). The van der Waals surface area contributed by atoms with Crippen molar-refractivity contribution in [1.29, 1.82) is 0 Å². The first-order valence-corrected chi connectivity index (χ1v) is 6.74. The van der Waals surface area contributed by atoms with Crippen LogP contribution in [-0.2, 0) is 13.5 Å². The smallest absolute Gasteiger partial charge is 0.251 e. The van der Waals surface area contributed by atoms with Gasteiger partial charge in [0.2, 0.25) is 0 Å². The van der Waals surface area contributed by atoms with Crippen molar-refractivity contribution >= 4 is 34.8 Å². The molecule has 2 aromatic rings. The van der Waals surface area contributed by atoms with Crippen LogP contribution in [0, 0.1) is 0 Å². The Bertz CT molecular complexity index is 616. The molecule has 0 atom stereocenters. The lowest BCUT2D eigenvalue weighted by Gasteiger charge is -2.07. The van der Waals surface area contributed by atoms with Gasteiger partial charge in [-0.05, 0) is 18.2 Å². The molecule has 0 saturated heterocycles. The Hall–Kier alpha value is -1.72. The maximum Gasteiger partial charge on any atom is 0.251 e. The molecule has 3 N–H and O–H groups in total. The van der Waals surface area contributed by atoms with Crippen LogP contribution in [0.4, 0.5) is 5.69 Å². The molecule has 0 fully saturated rings. The third kappa shape index (κ3) is 3.43. The normalized spacial score (nSPS) is 10.6. The lowest BCUT2D eigenvalue weighted by molar-refractivity contribution is 0.0954. The fraction of sp³-hybridized carbons (Fsp3) is 0.231. The quantitative estimate of drug-likeness (QED) is 0.851. The van der Waals surface area contributed by atoms with E-state index in [2.05, 4.69) is 10.4 Å². The summed E-state index contributed by atoms with van der Waals surface area (Å²) in [5.41, 5.74) is 7.26. The number of amides is 1. The van der Waals surface area contributed by atoms with Crippen molar-refractivity contribution in [2.45, 2.75) is 6.42 Å². The van der Waals surface area contributed by atoms with Crippen LogP contribution in [0.1, 0.15) is 16.1 Å². The van der Waals surface area contributed by atoms with Crippen LogP contribution in [0.2, 0.25) is 10.0 Å². The first-order chi connectivity index (χ1) is 9.47. The zero-order valence-corrected chi connectivity index (χ0v) is 12.4. The molecule has 0 aliphatic carbocycles. The Balaban J connectivity index is 1.95. The molecule has 5 nitrogen and oxygen atoms in total. The molecular weight excluding hydrogens is 299 g/mol. The van der Waals surface area contributed by atoms with E-state index >= 15 is 0 Å². The van der Waals surface area contributed by atoms with Gasteiger partial charge in [0.1, 0.15) is 0 Å². The zero-order valence-electron chi connectivity index (χ0n) is 10.9. The van der Waals surface area contributed by atoms with E-state index in [0.717, 1.165) is 5.69 Å². The summed E-state index contributed by atoms with van der Waals surface area (Å²) in [6, 6.07) is 4.91. The monoisotopic (exact) mass is 312 g/mol. The summed E-state index contributed by atoms with van der Waals surface area (Å²) in [5.74, 6) is -0.244. The van der Waals surface area contributed by atoms with E-state index in [1.54, 1.807) is 4.68 Å². The number of halogens is 2. The van der Waals surface area contributed by atoms with Gasteiger partial charge in [-0.3, -0.25) is 9.48 Å². The van der Waals surface area contributed by atoms with Gasteiger partial charge < -0.3 is 11.1 Å². The number of carbonyl (C=O) groups is 1. The molecule has 106 valence electrons. The SMILES string of the molecule is Cn1ccc(CCNC(=O)c2cc(N)c(Cl)c(Cl)c2)n1. The minimum Gasteiger partial charge on any atom is -0.397 e. The maximum absolute atomic E-state index is 12.0. The fourth-order valence-electron chi connectivity index (χ4n) is 1.74. The average Bonchev–Trinajstić information content (AvgIpc) is 2.81. The summed E-state index contributed by atoms with van der Waals surface area (Å²) in [6.45, 7) is 0.482. The molecule has 0 aliphatic rings. The second-order valence-corrected chi connectivity index (χ2v) is 5.13. The lowest BCUT2D eigenvalue weighted by Crippen LogP contribution is -2.26. The molecule has 1 heterocycles. The number of carbonyl (C=O) groups excluding carboxylic acids is 1. The van der Waals surface area contributed by atoms with Crippen molar-refractivity contribution in [3.05, 3.63) is 45.7 Å². The van der Waals surface area contributed by atoms with Crippen molar-refractivity contribution < 1.29 is 4.79 Å². The molecule has 20 heavy (non-hydrogen) atoms. The molecule has 0 aliphatic heterocycles. The highest BCUT2D eigenvalue weighted by molar-refractivity contribution is 6.43. The van der Waals surface area contributed by atoms with Gasteiger partial charge in [-0.2, -0.15) is 5.10 Å². The van der Waals surface area contributed by atoms with Gasteiger partial charge in [-0.25, -0.2) is 0 Å². The van der Waals surface area contributed by atoms with Gasteiger partial charge in [-0.15, -0.1) is 0 Å². The van der Waals surface area contributed by atoms with Crippen LogP contribution in [-0.4, -0.2) is 22.2 Å². The summed E-state index contributed by atoms with van der Waals surface area (Å²) in [6.07, 6.45) is 2.51. The lowest BCUT2D eigenvalue weighted by atomic mass is 10.2. The summed E-state index contributed by atoms with van der Waals surface area (Å²) < 4.78 is 1.72. The number of nitrogens with two attached hydrogens (primary N) is 1. The molecule has 0 bridgehead atoms. The van der Waals surface area contributed by atoms with Crippen LogP contribution in [0.15, 0.2) is 24.4 Å². The number of hydrogen-bond acceptors (Lipinski definition) is 3. The summed E-state index contributed by atoms with van der Waals surface area (Å²) in [4.78, 5) is 12.0. The van der Waals surface area contributed by atoms with Crippen molar-refractivity contribution in [2.24, 2.45) is 7.05 Å². The van der Waals surface area contributed by atoms with Gasteiger partial charge in [0, 0.05) is 31.8 Å². The predicted molar refractivity (Wildman–Crippen MR) is 80.1 cm³/mol. The van der Waals surface area contributed by atoms with E-state index in [1.165, 1.54) is 12.1 Å². The molecule has 0 spiro atoms. The van der Waals surface area contributed by atoms with Gasteiger partial charge in [-0.1, -0.05) is 23.2 Å². The zero-order chi connectivity index (χ0) is 14.7. The van der Waals surface area contributed by atoms with Crippen molar-refractivity contribution in [3.8, 4) is 0 Å². The third-order valence-electron chi connectivity index (χ3n) is 2.75. The highest BCUT2D eigenvalue weighted by atomic mass is 35.5. The van der Waals surface area contributed by atoms with Crippen LogP contribution in [0.25, 0.3) is 0 Å². The molecule has 1 amide bonds. The molecular formula is C13H14Cl2N4O. The maximum atomic E-state index is 12.0. The number of nitrogen functional groups attached to an aromatic ring is 1. The first-order valence-electron chi connectivity index (χ1n) is 5.98. The summed E-state index contributed by atoms with van der Waals surface area (Å²) in [5, 5.41) is 7.54. The molecule has 0 radical (unpaired) electrons. The van der Waals surface area contributed by atoms with E-state index in [0.29, 0.717) is 18.5 Å². The van der Waals surface area contributed by atoms with E-state index in [-0.39, 0.29) is 21.6 Å². The molecule has 0 saturated carbocycles. The Morgan fingerprint density at radius 1 is 1.45 bits per heavy atom. The van der Waals surface area contributed by atoms with E-state index < -0.39 is 0 Å². The Morgan fingerprint density at radius 3 is 2.80 bits per heavy atom. The topological polar surface area (TPSA) is 72.9 Å². The van der Waals surface area contributed by atoms with Crippen molar-refractivity contribution in [1.82, 2.24) is 15.1 Å². The first kappa shape index (κ1) is 14.7. The fourth-order valence-corrected chi connectivity index (χ4v) is 2.08. The number of anilines is 1. The van der Waals surface area contributed by atoms with Crippen molar-refractivity contribution in [2.75, 3.05) is 12.3 Å². The summed E-state index contributed by atoms with van der Waals surface area (Å²) >= 11 is 11.7. The third-order valence-corrected chi connectivity index (χ3v) is 3.57. The van der Waals surface area contributed by atoms with Crippen LogP contribution < -0.4 is 11.1 Å². The van der Waals surface area contributed by atoms with Crippen LogP contribution >= 0.6 is 23.2 Å². The molecule has 1 aromatic carbocycles. The van der Waals surface area contributed by atoms with Crippen LogP contribution in [0.5, 0.6) is 0 Å². The van der Waals surface area contributed by atoms with Crippen molar-refractivity contribution in [3.63, 3.8) is 0 Å². The van der Waals surface area contributed by atoms with Crippen LogP contribution in [0.3, 0.4) is 0 Å². The number of hydrogen-bond donors (Lipinski definition) is 2. The number of nitrogens with one attached hydrogen (secondary N) is 1. The Kier molecular flexibility index (Phi) is 4.52. The largest absolute Gasteiger partial charge is 0.397 e. The number of aryl methyl sites for hydroxylation is 1. The van der Waals surface area contributed by atoms with E-state index in [4.69, 9.17) is 28.9 Å². The van der Waals surface area contributed by atoms with E-state index in [1.807, 2.05) is 19.3 Å². The number of benzene rings is 1. The van der Waals surface area contributed by atoms with Gasteiger partial charge >= 0.3 is 0 Å². The number of nitrogens with zero attached hydrogens (tertiary/aromatic N) is 2.